The van der Waals surface area contributed by atoms with E-state index in [9.17, 15) is 14.4 Å². The molecule has 0 saturated carbocycles. The number of ether oxygens (including phenoxy) is 1. The van der Waals surface area contributed by atoms with Gasteiger partial charge in [0.2, 0.25) is 5.91 Å². The summed E-state index contributed by atoms with van der Waals surface area (Å²) in [5.74, 6) is -0.915. The van der Waals surface area contributed by atoms with Gasteiger partial charge in [-0.3, -0.25) is 14.5 Å². The second-order valence-electron chi connectivity index (χ2n) is 7.78. The van der Waals surface area contributed by atoms with Crippen molar-refractivity contribution in [2.45, 2.75) is 67.7 Å². The zero-order valence-corrected chi connectivity index (χ0v) is 17.4. The van der Waals surface area contributed by atoms with Crippen LogP contribution in [0, 0.1) is 0 Å². The average molecular weight is 415 g/mol. The number of hydrogen-bond donors (Lipinski definition) is 1. The first-order valence-corrected chi connectivity index (χ1v) is 11.1. The van der Waals surface area contributed by atoms with Crippen LogP contribution in [0.25, 0.3) is 0 Å². The molecule has 1 aromatic rings. The Morgan fingerprint density at radius 2 is 2.10 bits per heavy atom. The molecular formula is C22H26N2O4S. The molecule has 1 fully saturated rings. The minimum Gasteiger partial charge on any atom is -0.450 e. The quantitative estimate of drug-likeness (QED) is 0.569. The largest absolute Gasteiger partial charge is 0.450 e. The van der Waals surface area contributed by atoms with Crippen LogP contribution >= 0.6 is 11.8 Å². The lowest BCUT2D eigenvalue weighted by Gasteiger charge is -2.29. The summed E-state index contributed by atoms with van der Waals surface area (Å²) < 4.78 is 5.54. The highest BCUT2D eigenvalue weighted by Crippen LogP contribution is 2.56. The van der Waals surface area contributed by atoms with Gasteiger partial charge in [-0.25, -0.2) is 4.79 Å². The molecule has 0 radical (unpaired) electrons. The van der Waals surface area contributed by atoms with Gasteiger partial charge in [0.25, 0.3) is 5.91 Å². The number of thioether (sulfide) groups is 1. The van der Waals surface area contributed by atoms with Gasteiger partial charge in [-0.2, -0.15) is 0 Å². The number of hydrogen-bond acceptors (Lipinski definition) is 5. The van der Waals surface area contributed by atoms with E-state index < -0.39 is 16.9 Å². The van der Waals surface area contributed by atoms with Gasteiger partial charge in [0.05, 0.1) is 5.69 Å². The molecule has 29 heavy (non-hydrogen) atoms. The number of rotatable bonds is 6. The van der Waals surface area contributed by atoms with Crippen LogP contribution in [0.3, 0.4) is 0 Å². The third kappa shape index (κ3) is 3.80. The fourth-order valence-corrected chi connectivity index (χ4v) is 5.60. The highest BCUT2D eigenvalue weighted by molar-refractivity contribution is 8.02. The summed E-state index contributed by atoms with van der Waals surface area (Å²) in [5, 5.41) is 2.86. The molecule has 4 rings (SSSR count). The highest BCUT2D eigenvalue weighted by Gasteiger charge is 2.58. The Kier molecular flexibility index (Phi) is 5.67. The summed E-state index contributed by atoms with van der Waals surface area (Å²) in [6, 6.07) is 7.48. The second kappa shape index (κ2) is 8.22. The van der Waals surface area contributed by atoms with Gasteiger partial charge >= 0.3 is 5.97 Å². The molecule has 2 heterocycles. The number of anilines is 1. The zero-order valence-electron chi connectivity index (χ0n) is 16.6. The summed E-state index contributed by atoms with van der Waals surface area (Å²) in [7, 11) is 0. The third-order valence-corrected chi connectivity index (χ3v) is 7.23. The molecule has 154 valence electrons. The molecule has 6 nitrogen and oxygen atoms in total. The van der Waals surface area contributed by atoms with Crippen molar-refractivity contribution in [2.75, 3.05) is 11.4 Å². The number of nitrogens with one attached hydrogen (secondary N) is 1. The lowest BCUT2D eigenvalue weighted by molar-refractivity contribution is -0.157. The van der Waals surface area contributed by atoms with Crippen LogP contribution in [-0.4, -0.2) is 35.3 Å². The Morgan fingerprint density at radius 1 is 1.28 bits per heavy atom. The summed E-state index contributed by atoms with van der Waals surface area (Å²) in [4.78, 5) is 39.3. The summed E-state index contributed by atoms with van der Waals surface area (Å²) >= 11 is 1.35. The third-order valence-electron chi connectivity index (χ3n) is 5.78. The van der Waals surface area contributed by atoms with E-state index in [0.717, 1.165) is 29.8 Å². The second-order valence-corrected chi connectivity index (χ2v) is 9.10. The van der Waals surface area contributed by atoms with Crippen LogP contribution in [-0.2, 0) is 19.1 Å². The molecule has 0 aromatic heterocycles. The standard InChI is InChI=1S/C22H26N2O4S/c1-15(20(26)23-14-12-16-7-3-2-4-8-16)28-21(27)22-13-11-19(25)24(22)17-9-5-6-10-18(17)29-22/h5-7,9-10,15H,2-4,8,11-14H2,1H3,(H,23,26)/t15-,22+/m1/s1. The molecule has 3 aliphatic rings. The SMILES string of the molecule is C[C@@H](OC(=O)[C@@]12CCC(=O)N1c1ccccc1S2)C(=O)NCCC1=CCCCC1. The fourth-order valence-electron chi connectivity index (χ4n) is 4.20. The van der Waals surface area contributed by atoms with E-state index in [-0.39, 0.29) is 11.8 Å². The number of para-hydroxylation sites is 1. The van der Waals surface area contributed by atoms with Crippen molar-refractivity contribution in [1.29, 1.82) is 0 Å². The molecular weight excluding hydrogens is 388 g/mol. The van der Waals surface area contributed by atoms with Gasteiger partial charge in [0, 0.05) is 24.3 Å². The van der Waals surface area contributed by atoms with E-state index in [4.69, 9.17) is 4.74 Å². The van der Waals surface area contributed by atoms with Crippen molar-refractivity contribution in [3.63, 3.8) is 0 Å². The molecule has 2 aliphatic heterocycles. The number of allylic oxidation sites excluding steroid dienone is 1. The van der Waals surface area contributed by atoms with Crippen molar-refractivity contribution in [3.8, 4) is 0 Å². The summed E-state index contributed by atoms with van der Waals surface area (Å²) in [5.41, 5.74) is 2.13. The molecule has 1 N–H and O–H groups in total. The van der Waals surface area contributed by atoms with Crippen LogP contribution < -0.4 is 10.2 Å². The van der Waals surface area contributed by atoms with E-state index in [0.29, 0.717) is 19.4 Å². The van der Waals surface area contributed by atoms with E-state index in [1.807, 2.05) is 24.3 Å². The smallest absolute Gasteiger partial charge is 0.344 e. The molecule has 1 aromatic carbocycles. The van der Waals surface area contributed by atoms with Crippen LogP contribution in [0.15, 0.2) is 40.8 Å². The van der Waals surface area contributed by atoms with Crippen molar-refractivity contribution >= 4 is 35.2 Å². The predicted octanol–water partition coefficient (Wildman–Crippen LogP) is 3.55. The number of carbonyl (C=O) groups excluding carboxylic acids is 3. The van der Waals surface area contributed by atoms with Crippen molar-refractivity contribution in [3.05, 3.63) is 35.9 Å². The average Bonchev–Trinajstić information content (AvgIpc) is 3.24. The Bertz CT molecular complexity index is 868. The van der Waals surface area contributed by atoms with Crippen LogP contribution in [0.4, 0.5) is 5.69 Å². The van der Waals surface area contributed by atoms with Crippen LogP contribution in [0.5, 0.6) is 0 Å². The van der Waals surface area contributed by atoms with Gasteiger partial charge < -0.3 is 10.1 Å². The number of nitrogens with zero attached hydrogens (tertiary/aromatic N) is 1. The van der Waals surface area contributed by atoms with Crippen LogP contribution in [0.2, 0.25) is 0 Å². The van der Waals surface area contributed by atoms with E-state index in [1.165, 1.54) is 30.2 Å². The Labute approximate surface area is 175 Å². The van der Waals surface area contributed by atoms with Gasteiger partial charge in [0.1, 0.15) is 0 Å². The molecule has 1 aliphatic carbocycles. The molecule has 0 unspecified atom stereocenters. The first-order valence-electron chi connectivity index (χ1n) is 10.3. The highest BCUT2D eigenvalue weighted by atomic mass is 32.2. The predicted molar refractivity (Wildman–Crippen MR) is 111 cm³/mol. The lowest BCUT2D eigenvalue weighted by Crippen LogP contribution is -2.50. The van der Waals surface area contributed by atoms with Crippen molar-refractivity contribution < 1.29 is 19.1 Å². The maximum Gasteiger partial charge on any atom is 0.344 e. The van der Waals surface area contributed by atoms with Gasteiger partial charge in [-0.1, -0.05) is 35.5 Å². The minimum atomic E-state index is -1.10. The Hall–Kier alpha value is -2.28. The maximum atomic E-state index is 13.1. The van der Waals surface area contributed by atoms with E-state index >= 15 is 0 Å². The molecule has 7 heteroatoms. The summed E-state index contributed by atoms with van der Waals surface area (Å²) in [6.07, 6.45) is 7.55. The number of esters is 1. The van der Waals surface area contributed by atoms with E-state index in [2.05, 4.69) is 11.4 Å². The lowest BCUT2D eigenvalue weighted by atomic mass is 9.97. The molecule has 1 saturated heterocycles. The Morgan fingerprint density at radius 3 is 2.90 bits per heavy atom. The molecule has 2 atom stereocenters. The first-order chi connectivity index (χ1) is 14.0. The molecule has 2 amide bonds. The van der Waals surface area contributed by atoms with E-state index in [1.54, 1.807) is 11.8 Å². The van der Waals surface area contributed by atoms with Gasteiger partial charge in [0.15, 0.2) is 11.0 Å². The number of carbonyl (C=O) groups is 3. The number of fused-ring (bicyclic) bond motifs is 3. The van der Waals surface area contributed by atoms with Gasteiger partial charge in [-0.05, 0) is 51.2 Å². The topological polar surface area (TPSA) is 75.7 Å². The van der Waals surface area contributed by atoms with Crippen LogP contribution in [0.1, 0.15) is 51.9 Å². The monoisotopic (exact) mass is 414 g/mol. The minimum absolute atomic E-state index is 0.0859. The van der Waals surface area contributed by atoms with Crippen molar-refractivity contribution in [1.82, 2.24) is 5.32 Å². The first kappa shape index (κ1) is 20.0. The number of amides is 2. The Balaban J connectivity index is 1.36. The molecule has 0 spiro atoms. The molecule has 0 bridgehead atoms. The normalized spacial score (nSPS) is 23.8. The zero-order chi connectivity index (χ0) is 20.4. The van der Waals surface area contributed by atoms with Gasteiger partial charge in [-0.15, -0.1) is 0 Å². The fraction of sp³-hybridized carbons (Fsp3) is 0.500. The van der Waals surface area contributed by atoms with Crippen molar-refractivity contribution in [2.24, 2.45) is 0 Å². The maximum absolute atomic E-state index is 13.1. The number of benzene rings is 1. The summed E-state index contributed by atoms with van der Waals surface area (Å²) in [6.45, 7) is 2.13.